The lowest BCUT2D eigenvalue weighted by atomic mass is 9.92. The minimum atomic E-state index is -0.303. The number of amides is 1. The molecule has 1 aromatic heterocycles. The van der Waals surface area contributed by atoms with Crippen molar-refractivity contribution in [3.05, 3.63) is 59.2 Å². The number of carbonyl (C=O) groups excluding carboxylic acids is 1. The first-order chi connectivity index (χ1) is 11.7. The molecule has 1 aliphatic heterocycles. The molecule has 1 atom stereocenters. The van der Waals surface area contributed by atoms with Crippen LogP contribution >= 0.6 is 0 Å². The van der Waals surface area contributed by atoms with Crippen molar-refractivity contribution in [1.29, 1.82) is 0 Å². The molecule has 6 nitrogen and oxygen atoms in total. The Balaban J connectivity index is 1.71. The molecule has 0 spiro atoms. The smallest absolute Gasteiger partial charge is 0.254 e. The molecule has 24 heavy (non-hydrogen) atoms. The number of aliphatic hydroxyl groups is 1. The summed E-state index contributed by atoms with van der Waals surface area (Å²) >= 11 is 0. The molecule has 4 rings (SSSR count). The third kappa shape index (κ3) is 2.27. The van der Waals surface area contributed by atoms with Crippen LogP contribution in [-0.4, -0.2) is 44.1 Å². The van der Waals surface area contributed by atoms with Gasteiger partial charge in [-0.25, -0.2) is 4.68 Å². The molecule has 1 aliphatic rings. The highest BCUT2D eigenvalue weighted by Gasteiger charge is 2.30. The Labute approximate surface area is 139 Å². The molecule has 0 saturated carbocycles. The van der Waals surface area contributed by atoms with Gasteiger partial charge < -0.3 is 10.0 Å². The molecule has 1 N–H and O–H groups in total. The van der Waals surface area contributed by atoms with E-state index in [0.717, 1.165) is 23.0 Å². The summed E-state index contributed by atoms with van der Waals surface area (Å²) in [7, 11) is 1.80. The van der Waals surface area contributed by atoms with Gasteiger partial charge in [0.1, 0.15) is 5.52 Å². The van der Waals surface area contributed by atoms with Crippen LogP contribution in [0.5, 0.6) is 0 Å². The molecule has 1 amide bonds. The summed E-state index contributed by atoms with van der Waals surface area (Å²) < 4.78 is 1.65. The van der Waals surface area contributed by atoms with Crippen LogP contribution in [0.1, 0.15) is 27.5 Å². The summed E-state index contributed by atoms with van der Waals surface area (Å²) in [6.45, 7) is 0.515. The maximum atomic E-state index is 13.0. The first-order valence-corrected chi connectivity index (χ1v) is 7.98. The van der Waals surface area contributed by atoms with Gasteiger partial charge in [0.05, 0.1) is 18.2 Å². The molecule has 2 aromatic carbocycles. The predicted molar refractivity (Wildman–Crippen MR) is 89.5 cm³/mol. The number of carbonyl (C=O) groups is 1. The molecule has 0 aliphatic carbocycles. The fraction of sp³-hybridized carbons (Fsp3) is 0.278. The fourth-order valence-corrected chi connectivity index (χ4v) is 3.42. The third-order valence-corrected chi connectivity index (χ3v) is 4.70. The molecule has 2 heterocycles. The zero-order valence-corrected chi connectivity index (χ0v) is 13.4. The van der Waals surface area contributed by atoms with E-state index in [1.807, 2.05) is 24.3 Å². The van der Waals surface area contributed by atoms with Crippen molar-refractivity contribution in [3.8, 4) is 0 Å². The second-order valence-corrected chi connectivity index (χ2v) is 6.06. The van der Waals surface area contributed by atoms with Crippen molar-refractivity contribution >= 4 is 16.9 Å². The largest absolute Gasteiger partial charge is 0.394 e. The molecular weight excluding hydrogens is 304 g/mol. The van der Waals surface area contributed by atoms with Gasteiger partial charge in [0, 0.05) is 19.2 Å². The van der Waals surface area contributed by atoms with Crippen LogP contribution in [0.4, 0.5) is 0 Å². The van der Waals surface area contributed by atoms with Crippen LogP contribution in [0.25, 0.3) is 11.0 Å². The molecule has 0 saturated heterocycles. The van der Waals surface area contributed by atoms with Crippen LogP contribution in [0.15, 0.2) is 42.5 Å². The predicted octanol–water partition coefficient (Wildman–Crippen LogP) is 1.70. The number of hydrogen-bond acceptors (Lipinski definition) is 4. The summed E-state index contributed by atoms with van der Waals surface area (Å²) in [5, 5.41) is 17.9. The Morgan fingerprint density at radius 1 is 1.29 bits per heavy atom. The van der Waals surface area contributed by atoms with E-state index in [0.29, 0.717) is 12.1 Å². The normalized spacial score (nSPS) is 17.1. The van der Waals surface area contributed by atoms with Crippen LogP contribution in [0.3, 0.4) is 0 Å². The van der Waals surface area contributed by atoms with Crippen molar-refractivity contribution in [2.24, 2.45) is 7.05 Å². The van der Waals surface area contributed by atoms with E-state index in [-0.39, 0.29) is 18.6 Å². The van der Waals surface area contributed by atoms with E-state index in [4.69, 9.17) is 0 Å². The molecule has 0 radical (unpaired) electrons. The van der Waals surface area contributed by atoms with E-state index in [1.165, 1.54) is 5.56 Å². The highest BCUT2D eigenvalue weighted by molar-refractivity contribution is 5.97. The van der Waals surface area contributed by atoms with Gasteiger partial charge in [-0.1, -0.05) is 29.5 Å². The minimum Gasteiger partial charge on any atom is -0.394 e. The second kappa shape index (κ2) is 5.72. The topological polar surface area (TPSA) is 71.2 Å². The summed E-state index contributed by atoms with van der Waals surface area (Å²) in [5.74, 6) is -0.0772. The van der Waals surface area contributed by atoms with E-state index in [9.17, 15) is 9.90 Å². The maximum Gasteiger partial charge on any atom is 0.254 e. The van der Waals surface area contributed by atoms with Crippen molar-refractivity contribution in [2.45, 2.75) is 12.5 Å². The standard InChI is InChI=1S/C18H18N4O2/c1-21-16-10-13(6-7-15(16)19-20-21)18(24)22-9-8-12-4-2-3-5-14(12)17(22)11-23/h2-7,10,17,23H,8-9,11H2,1H3/t17-/m0/s1. The van der Waals surface area contributed by atoms with Gasteiger partial charge in [0.15, 0.2) is 0 Å². The Morgan fingerprint density at radius 3 is 2.96 bits per heavy atom. The van der Waals surface area contributed by atoms with Gasteiger partial charge in [-0.15, -0.1) is 5.10 Å². The molecule has 0 bridgehead atoms. The quantitative estimate of drug-likeness (QED) is 0.779. The first kappa shape index (κ1) is 14.8. The number of benzene rings is 2. The van der Waals surface area contributed by atoms with Crippen LogP contribution in [0.2, 0.25) is 0 Å². The number of aromatic nitrogens is 3. The second-order valence-electron chi connectivity index (χ2n) is 6.06. The van der Waals surface area contributed by atoms with Gasteiger partial charge in [-0.3, -0.25) is 4.79 Å². The van der Waals surface area contributed by atoms with Gasteiger partial charge in [-0.05, 0) is 35.7 Å². The van der Waals surface area contributed by atoms with E-state index in [1.54, 1.807) is 28.8 Å². The van der Waals surface area contributed by atoms with Crippen LogP contribution < -0.4 is 0 Å². The Hall–Kier alpha value is -2.73. The Bertz CT molecular complexity index is 918. The summed E-state index contributed by atoms with van der Waals surface area (Å²) in [6, 6.07) is 13.1. The Morgan fingerprint density at radius 2 is 2.12 bits per heavy atom. The summed E-state index contributed by atoms with van der Waals surface area (Å²) in [4.78, 5) is 14.8. The number of aliphatic hydroxyl groups excluding tert-OH is 1. The van der Waals surface area contributed by atoms with Crippen LogP contribution in [-0.2, 0) is 13.5 Å². The average molecular weight is 322 g/mol. The van der Waals surface area contributed by atoms with E-state index in [2.05, 4.69) is 16.4 Å². The van der Waals surface area contributed by atoms with E-state index >= 15 is 0 Å². The monoisotopic (exact) mass is 322 g/mol. The minimum absolute atomic E-state index is 0.0772. The molecule has 6 heteroatoms. The highest BCUT2D eigenvalue weighted by Crippen LogP contribution is 2.30. The molecule has 0 unspecified atom stereocenters. The SMILES string of the molecule is Cn1nnc2ccc(C(=O)N3CCc4ccccc4[C@@H]3CO)cc21. The maximum absolute atomic E-state index is 13.0. The third-order valence-electron chi connectivity index (χ3n) is 4.70. The lowest BCUT2D eigenvalue weighted by molar-refractivity contribution is 0.0569. The van der Waals surface area contributed by atoms with Crippen molar-refractivity contribution in [1.82, 2.24) is 19.9 Å². The molecule has 3 aromatic rings. The number of hydrogen-bond donors (Lipinski definition) is 1. The lowest BCUT2D eigenvalue weighted by Crippen LogP contribution is -2.41. The van der Waals surface area contributed by atoms with Crippen molar-refractivity contribution in [3.63, 3.8) is 0 Å². The number of fused-ring (bicyclic) bond motifs is 2. The number of rotatable bonds is 2. The van der Waals surface area contributed by atoms with Crippen molar-refractivity contribution in [2.75, 3.05) is 13.2 Å². The van der Waals surface area contributed by atoms with E-state index < -0.39 is 0 Å². The van der Waals surface area contributed by atoms with Gasteiger partial charge in [0.2, 0.25) is 0 Å². The molecular formula is C18H18N4O2. The average Bonchev–Trinajstić information content (AvgIpc) is 3.00. The van der Waals surface area contributed by atoms with Crippen molar-refractivity contribution < 1.29 is 9.90 Å². The number of nitrogens with zero attached hydrogens (tertiary/aromatic N) is 4. The molecule has 0 fully saturated rings. The fourth-order valence-electron chi connectivity index (χ4n) is 3.42. The summed E-state index contributed by atoms with van der Waals surface area (Å²) in [6.07, 6.45) is 0.800. The Kier molecular flexibility index (Phi) is 3.54. The van der Waals surface area contributed by atoms with Gasteiger partial charge >= 0.3 is 0 Å². The van der Waals surface area contributed by atoms with Gasteiger partial charge in [-0.2, -0.15) is 0 Å². The van der Waals surface area contributed by atoms with Crippen LogP contribution in [0, 0.1) is 0 Å². The van der Waals surface area contributed by atoms with Gasteiger partial charge in [0.25, 0.3) is 5.91 Å². The zero-order chi connectivity index (χ0) is 16.7. The lowest BCUT2D eigenvalue weighted by Gasteiger charge is -2.36. The number of aryl methyl sites for hydroxylation is 1. The summed E-state index contributed by atoms with van der Waals surface area (Å²) in [5.41, 5.74) is 4.40. The molecule has 122 valence electrons. The highest BCUT2D eigenvalue weighted by atomic mass is 16.3. The zero-order valence-electron chi connectivity index (χ0n) is 13.4. The first-order valence-electron chi connectivity index (χ1n) is 7.98.